The molecule has 0 bridgehead atoms. The smallest absolute Gasteiger partial charge is 0.328 e. The van der Waals surface area contributed by atoms with Gasteiger partial charge in [-0.15, -0.1) is 0 Å². The second-order valence-electron chi connectivity index (χ2n) is 4.64. The van der Waals surface area contributed by atoms with Gasteiger partial charge < -0.3 is 5.11 Å². The van der Waals surface area contributed by atoms with Crippen LogP contribution in [-0.2, 0) is 4.79 Å². The second kappa shape index (κ2) is 4.79. The summed E-state index contributed by atoms with van der Waals surface area (Å²) in [5, 5.41) is 8.51. The van der Waals surface area contributed by atoms with Crippen LogP contribution in [0.2, 0.25) is 0 Å². The Labute approximate surface area is 90.8 Å². The Hall–Kier alpha value is -0.830. The van der Waals surface area contributed by atoms with Crippen LogP contribution in [0.25, 0.3) is 0 Å². The average molecular weight is 209 g/mol. The van der Waals surface area contributed by atoms with Gasteiger partial charge in [0.1, 0.15) is 0 Å². The zero-order chi connectivity index (χ0) is 10.7. The minimum atomic E-state index is -0.839. The lowest BCUT2D eigenvalue weighted by molar-refractivity contribution is -0.131. The van der Waals surface area contributed by atoms with Crippen molar-refractivity contribution >= 4 is 5.97 Å². The third-order valence-corrected chi connectivity index (χ3v) is 3.73. The van der Waals surface area contributed by atoms with Crippen LogP contribution in [-0.4, -0.2) is 35.1 Å². The molecule has 15 heavy (non-hydrogen) atoms. The van der Waals surface area contributed by atoms with Gasteiger partial charge in [0.25, 0.3) is 0 Å². The van der Waals surface area contributed by atoms with Crippen LogP contribution in [0.15, 0.2) is 12.2 Å². The van der Waals surface area contributed by atoms with Crippen molar-refractivity contribution in [3.05, 3.63) is 12.2 Å². The summed E-state index contributed by atoms with van der Waals surface area (Å²) in [6, 6.07) is 0.734. The zero-order valence-electron chi connectivity index (χ0n) is 9.06. The predicted octanol–water partition coefficient (Wildman–Crippen LogP) is 1.89. The number of carboxylic acid groups (broad SMARTS) is 1. The fourth-order valence-electron chi connectivity index (χ4n) is 3.02. The maximum absolute atomic E-state index is 10.4. The van der Waals surface area contributed by atoms with Gasteiger partial charge in [0.05, 0.1) is 0 Å². The van der Waals surface area contributed by atoms with Gasteiger partial charge in [0.2, 0.25) is 0 Å². The number of rotatable bonds is 3. The number of nitrogens with zero attached hydrogens (tertiary/aromatic N) is 1. The van der Waals surface area contributed by atoms with Crippen molar-refractivity contribution in [1.29, 1.82) is 0 Å². The van der Waals surface area contributed by atoms with Gasteiger partial charge in [-0.05, 0) is 31.7 Å². The minimum absolute atomic E-state index is 0.734. The molecule has 84 valence electrons. The van der Waals surface area contributed by atoms with Crippen LogP contribution in [0.3, 0.4) is 0 Å². The number of carboxylic acids is 1. The molecule has 1 saturated carbocycles. The van der Waals surface area contributed by atoms with Crippen LogP contribution in [0.4, 0.5) is 0 Å². The normalized spacial score (nSPS) is 32.0. The lowest BCUT2D eigenvalue weighted by Gasteiger charge is -2.30. The monoisotopic (exact) mass is 209 g/mol. The van der Waals surface area contributed by atoms with E-state index in [4.69, 9.17) is 5.11 Å². The van der Waals surface area contributed by atoms with E-state index in [-0.39, 0.29) is 0 Å². The topological polar surface area (TPSA) is 40.5 Å². The minimum Gasteiger partial charge on any atom is -0.478 e. The van der Waals surface area contributed by atoms with E-state index in [1.54, 1.807) is 6.08 Å². The molecule has 1 aliphatic carbocycles. The SMILES string of the molecule is O=C(O)/C=C/CN1CC[C@@H]2CCCC[C@@H]21. The molecule has 0 unspecified atom stereocenters. The van der Waals surface area contributed by atoms with Crippen LogP contribution < -0.4 is 0 Å². The molecular formula is C12H19NO2. The molecule has 2 rings (SSSR count). The summed E-state index contributed by atoms with van der Waals surface area (Å²) in [6.45, 7) is 1.97. The highest BCUT2D eigenvalue weighted by molar-refractivity contribution is 5.79. The highest BCUT2D eigenvalue weighted by Gasteiger charge is 2.34. The van der Waals surface area contributed by atoms with Crippen LogP contribution in [0, 0.1) is 5.92 Å². The predicted molar refractivity (Wildman–Crippen MR) is 58.7 cm³/mol. The molecule has 1 aliphatic heterocycles. The standard InChI is InChI=1S/C12H19NO2/c14-12(15)6-3-8-13-9-7-10-4-1-2-5-11(10)13/h3,6,10-11H,1-2,4-5,7-9H2,(H,14,15)/b6-3+/t10-,11-/m0/s1. The molecule has 0 aromatic rings. The van der Waals surface area contributed by atoms with Gasteiger partial charge in [0.15, 0.2) is 0 Å². The maximum atomic E-state index is 10.4. The lowest BCUT2D eigenvalue weighted by Crippen LogP contribution is -2.34. The third kappa shape index (κ3) is 2.59. The van der Waals surface area contributed by atoms with Gasteiger partial charge in [-0.3, -0.25) is 4.90 Å². The first-order chi connectivity index (χ1) is 7.27. The molecule has 0 radical (unpaired) electrons. The Morgan fingerprint density at radius 2 is 2.13 bits per heavy atom. The molecular weight excluding hydrogens is 190 g/mol. The lowest BCUT2D eigenvalue weighted by atomic mass is 9.85. The van der Waals surface area contributed by atoms with Crippen molar-refractivity contribution < 1.29 is 9.90 Å². The summed E-state index contributed by atoms with van der Waals surface area (Å²) in [5.41, 5.74) is 0. The molecule has 2 atom stereocenters. The summed E-state index contributed by atoms with van der Waals surface area (Å²) in [5.74, 6) is 0.0476. The van der Waals surface area contributed by atoms with Gasteiger partial charge in [0, 0.05) is 18.7 Å². The van der Waals surface area contributed by atoms with Gasteiger partial charge in [-0.1, -0.05) is 18.9 Å². The molecule has 0 aromatic carbocycles. The van der Waals surface area contributed by atoms with E-state index in [1.807, 2.05) is 0 Å². The van der Waals surface area contributed by atoms with E-state index >= 15 is 0 Å². The van der Waals surface area contributed by atoms with Crippen molar-refractivity contribution in [2.24, 2.45) is 5.92 Å². The van der Waals surface area contributed by atoms with E-state index < -0.39 is 5.97 Å². The number of likely N-dealkylation sites (tertiary alicyclic amines) is 1. The van der Waals surface area contributed by atoms with E-state index in [1.165, 1.54) is 38.2 Å². The molecule has 2 aliphatic rings. The van der Waals surface area contributed by atoms with Gasteiger partial charge in [-0.2, -0.15) is 0 Å². The van der Waals surface area contributed by atoms with Crippen molar-refractivity contribution in [2.45, 2.75) is 38.1 Å². The summed E-state index contributed by atoms with van der Waals surface area (Å²) in [6.07, 6.45) is 9.77. The van der Waals surface area contributed by atoms with Crippen molar-refractivity contribution in [3.8, 4) is 0 Å². The molecule has 0 amide bonds. The van der Waals surface area contributed by atoms with Crippen molar-refractivity contribution in [3.63, 3.8) is 0 Å². The third-order valence-electron chi connectivity index (χ3n) is 3.73. The molecule has 3 heteroatoms. The fourth-order valence-corrected chi connectivity index (χ4v) is 3.02. The Morgan fingerprint density at radius 3 is 2.93 bits per heavy atom. The number of hydrogen-bond acceptors (Lipinski definition) is 2. The molecule has 1 N–H and O–H groups in total. The number of fused-ring (bicyclic) bond motifs is 1. The average Bonchev–Trinajstić information content (AvgIpc) is 2.62. The quantitative estimate of drug-likeness (QED) is 0.722. The second-order valence-corrected chi connectivity index (χ2v) is 4.64. The first-order valence-electron chi connectivity index (χ1n) is 5.91. The molecule has 2 fully saturated rings. The largest absolute Gasteiger partial charge is 0.478 e. The van der Waals surface area contributed by atoms with Gasteiger partial charge >= 0.3 is 5.97 Å². The molecule has 3 nitrogen and oxygen atoms in total. The number of carbonyl (C=O) groups is 1. The molecule has 0 aromatic heterocycles. The maximum Gasteiger partial charge on any atom is 0.328 e. The Morgan fingerprint density at radius 1 is 1.33 bits per heavy atom. The molecule has 1 saturated heterocycles. The van der Waals surface area contributed by atoms with E-state index in [9.17, 15) is 4.79 Å². The zero-order valence-corrected chi connectivity index (χ0v) is 9.06. The summed E-state index contributed by atoms with van der Waals surface area (Å²) in [4.78, 5) is 12.8. The van der Waals surface area contributed by atoms with E-state index in [2.05, 4.69) is 4.90 Å². The first kappa shape index (κ1) is 10.7. The number of aliphatic carboxylic acids is 1. The summed E-state index contributed by atoms with van der Waals surface area (Å²) < 4.78 is 0. The number of hydrogen-bond donors (Lipinski definition) is 1. The Balaban J connectivity index is 1.85. The summed E-state index contributed by atoms with van der Waals surface area (Å²) >= 11 is 0. The molecule has 0 spiro atoms. The fraction of sp³-hybridized carbons (Fsp3) is 0.750. The van der Waals surface area contributed by atoms with Crippen LogP contribution >= 0.6 is 0 Å². The summed E-state index contributed by atoms with van der Waals surface area (Å²) in [7, 11) is 0. The Bertz CT molecular complexity index is 262. The van der Waals surface area contributed by atoms with Crippen molar-refractivity contribution in [1.82, 2.24) is 4.90 Å². The molecule has 1 heterocycles. The van der Waals surface area contributed by atoms with E-state index in [0.29, 0.717) is 0 Å². The first-order valence-corrected chi connectivity index (χ1v) is 5.91. The van der Waals surface area contributed by atoms with Gasteiger partial charge in [-0.25, -0.2) is 4.79 Å². The van der Waals surface area contributed by atoms with Crippen LogP contribution in [0.5, 0.6) is 0 Å². The highest BCUT2D eigenvalue weighted by atomic mass is 16.4. The highest BCUT2D eigenvalue weighted by Crippen LogP contribution is 2.35. The van der Waals surface area contributed by atoms with E-state index in [0.717, 1.165) is 25.0 Å². The van der Waals surface area contributed by atoms with Crippen molar-refractivity contribution in [2.75, 3.05) is 13.1 Å². The van der Waals surface area contributed by atoms with Crippen LogP contribution in [0.1, 0.15) is 32.1 Å². The Kier molecular flexibility index (Phi) is 3.41.